The van der Waals surface area contributed by atoms with Crippen LogP contribution in [-0.2, 0) is 25.5 Å². The fourth-order valence-electron chi connectivity index (χ4n) is 7.77. The van der Waals surface area contributed by atoms with Crippen molar-refractivity contribution in [2.24, 2.45) is 28.6 Å². The summed E-state index contributed by atoms with van der Waals surface area (Å²) in [6.45, 7) is 3.52. The van der Waals surface area contributed by atoms with E-state index in [2.05, 4.69) is 11.9 Å². The van der Waals surface area contributed by atoms with Gasteiger partial charge < -0.3 is 14.9 Å². The summed E-state index contributed by atoms with van der Waals surface area (Å²) in [5.74, 6) is -0.946. The van der Waals surface area contributed by atoms with Crippen LogP contribution in [0.1, 0.15) is 51.5 Å². The Morgan fingerprint density at radius 3 is 2.80 bits per heavy atom. The lowest BCUT2D eigenvalue weighted by atomic mass is 9.46. The minimum Gasteiger partial charge on any atom is -0.457 e. The van der Waals surface area contributed by atoms with Gasteiger partial charge in [-0.1, -0.05) is 31.6 Å². The molecule has 7 atom stereocenters. The van der Waals surface area contributed by atoms with Crippen molar-refractivity contribution in [1.29, 1.82) is 0 Å². The molecule has 3 fully saturated rings. The summed E-state index contributed by atoms with van der Waals surface area (Å²) in [7, 11) is 0. The van der Waals surface area contributed by atoms with Gasteiger partial charge in [0.1, 0.15) is 5.60 Å². The lowest BCUT2D eigenvalue weighted by Crippen LogP contribution is -2.61. The number of esters is 1. The maximum Gasteiger partial charge on any atom is 0.310 e. The Morgan fingerprint density at radius 1 is 1.26 bits per heavy atom. The zero-order chi connectivity index (χ0) is 25.0. The van der Waals surface area contributed by atoms with E-state index in [1.54, 1.807) is 36.7 Å². The molecule has 0 spiro atoms. The number of Topliss-reactive ketones (excluding diaryl/α,β-unsaturated/α-hetero) is 1. The van der Waals surface area contributed by atoms with Gasteiger partial charge in [-0.05, 0) is 67.7 Å². The molecule has 7 heteroatoms. The molecule has 5 rings (SSSR count). The number of rotatable bonds is 5. The number of carbonyl (C=O) groups excluding carboxylic acids is 3. The average Bonchev–Trinajstić information content (AvgIpc) is 3.09. The van der Waals surface area contributed by atoms with Crippen LogP contribution in [0.3, 0.4) is 0 Å². The molecule has 3 saturated carbocycles. The van der Waals surface area contributed by atoms with Crippen LogP contribution in [0.2, 0.25) is 0 Å². The number of allylic oxidation sites excluding steroid dienone is 4. The molecule has 0 radical (unpaired) electrons. The lowest BCUT2D eigenvalue weighted by Gasteiger charge is -2.59. The third-order valence-electron chi connectivity index (χ3n) is 9.54. The van der Waals surface area contributed by atoms with Gasteiger partial charge >= 0.3 is 5.97 Å². The summed E-state index contributed by atoms with van der Waals surface area (Å²) in [5, 5.41) is 23.1. The quantitative estimate of drug-likeness (QED) is 0.624. The van der Waals surface area contributed by atoms with Crippen LogP contribution in [-0.4, -0.2) is 51.0 Å². The molecular weight excluding hydrogens is 446 g/mol. The molecule has 0 amide bonds. The second-order valence-electron chi connectivity index (χ2n) is 11.2. The molecule has 7 nitrogen and oxygen atoms in total. The maximum atomic E-state index is 13.3. The monoisotopic (exact) mass is 479 g/mol. The number of fused-ring (bicyclic) bond motifs is 5. The number of ketones is 2. The Kier molecular flexibility index (Phi) is 5.84. The molecule has 2 N–H and O–H groups in total. The van der Waals surface area contributed by atoms with Gasteiger partial charge in [-0.25, -0.2) is 0 Å². The molecule has 4 aliphatic rings. The van der Waals surface area contributed by atoms with Crippen molar-refractivity contribution >= 4 is 17.5 Å². The van der Waals surface area contributed by atoms with E-state index in [1.807, 2.05) is 13.0 Å². The van der Waals surface area contributed by atoms with Gasteiger partial charge in [0, 0.05) is 29.1 Å². The lowest BCUT2D eigenvalue weighted by molar-refractivity contribution is -0.181. The van der Waals surface area contributed by atoms with Gasteiger partial charge in [-0.2, -0.15) is 0 Å². The third kappa shape index (κ3) is 3.71. The SMILES string of the molecule is CC12C=CC(=O)C=C1CCC1C2[C@@H](O)CC2(C)C1CC[C@]2(O)C(=O)COC(=O)Cc1cccnc1. The Morgan fingerprint density at radius 2 is 2.06 bits per heavy atom. The minimum absolute atomic E-state index is 0.00631. The highest BCUT2D eigenvalue weighted by molar-refractivity contribution is 6.01. The van der Waals surface area contributed by atoms with E-state index in [-0.39, 0.29) is 42.8 Å². The zero-order valence-electron chi connectivity index (χ0n) is 20.3. The highest BCUT2D eigenvalue weighted by Crippen LogP contribution is 2.67. The molecule has 0 aromatic carbocycles. The average molecular weight is 480 g/mol. The van der Waals surface area contributed by atoms with Crippen LogP contribution in [0.15, 0.2) is 48.3 Å². The number of aliphatic hydroxyl groups is 2. The van der Waals surface area contributed by atoms with Crippen molar-refractivity contribution < 1.29 is 29.3 Å². The zero-order valence-corrected chi connectivity index (χ0v) is 20.3. The van der Waals surface area contributed by atoms with Crippen LogP contribution in [0, 0.1) is 28.6 Å². The van der Waals surface area contributed by atoms with Crippen molar-refractivity contribution in [2.45, 2.75) is 64.1 Å². The van der Waals surface area contributed by atoms with E-state index in [0.717, 1.165) is 18.4 Å². The fourth-order valence-corrected chi connectivity index (χ4v) is 7.77. The van der Waals surface area contributed by atoms with Crippen LogP contribution in [0.5, 0.6) is 0 Å². The number of carbonyl (C=O) groups is 3. The summed E-state index contributed by atoms with van der Waals surface area (Å²) in [5.41, 5.74) is -1.11. The largest absolute Gasteiger partial charge is 0.457 e. The van der Waals surface area contributed by atoms with Crippen LogP contribution in [0.25, 0.3) is 0 Å². The van der Waals surface area contributed by atoms with Gasteiger partial charge in [0.05, 0.1) is 12.5 Å². The van der Waals surface area contributed by atoms with Gasteiger partial charge in [0.15, 0.2) is 12.4 Å². The van der Waals surface area contributed by atoms with Gasteiger partial charge in [-0.15, -0.1) is 0 Å². The van der Waals surface area contributed by atoms with Crippen LogP contribution >= 0.6 is 0 Å². The Hall–Kier alpha value is -2.64. The van der Waals surface area contributed by atoms with E-state index >= 15 is 0 Å². The first kappa shape index (κ1) is 24.1. The minimum atomic E-state index is -1.66. The van der Waals surface area contributed by atoms with Gasteiger partial charge in [0.2, 0.25) is 5.78 Å². The smallest absolute Gasteiger partial charge is 0.310 e. The molecule has 1 aromatic rings. The summed E-state index contributed by atoms with van der Waals surface area (Å²) >= 11 is 0. The van der Waals surface area contributed by atoms with Crippen molar-refractivity contribution in [3.8, 4) is 0 Å². The van der Waals surface area contributed by atoms with Gasteiger partial charge in [0.25, 0.3) is 0 Å². The van der Waals surface area contributed by atoms with E-state index in [4.69, 9.17) is 4.74 Å². The van der Waals surface area contributed by atoms with Gasteiger partial charge in [-0.3, -0.25) is 19.4 Å². The third-order valence-corrected chi connectivity index (χ3v) is 9.54. The van der Waals surface area contributed by atoms with E-state index in [9.17, 15) is 24.6 Å². The molecule has 35 heavy (non-hydrogen) atoms. The second-order valence-corrected chi connectivity index (χ2v) is 11.2. The summed E-state index contributed by atoms with van der Waals surface area (Å²) in [4.78, 5) is 41.5. The van der Waals surface area contributed by atoms with Crippen molar-refractivity contribution in [3.05, 3.63) is 53.9 Å². The number of pyridine rings is 1. The highest BCUT2D eigenvalue weighted by atomic mass is 16.5. The van der Waals surface area contributed by atoms with E-state index in [0.29, 0.717) is 12.0 Å². The van der Waals surface area contributed by atoms with E-state index < -0.39 is 40.9 Å². The molecule has 1 heterocycles. The molecule has 1 aromatic heterocycles. The Labute approximate surface area is 205 Å². The highest BCUT2D eigenvalue weighted by Gasteiger charge is 2.68. The topological polar surface area (TPSA) is 114 Å². The van der Waals surface area contributed by atoms with E-state index in [1.165, 1.54) is 0 Å². The number of aliphatic hydroxyl groups excluding tert-OH is 1. The number of hydrogen-bond donors (Lipinski definition) is 2. The fraction of sp³-hybridized carbons (Fsp3) is 0.571. The van der Waals surface area contributed by atoms with Crippen molar-refractivity contribution in [1.82, 2.24) is 4.98 Å². The summed E-state index contributed by atoms with van der Waals surface area (Å²) in [6, 6.07) is 3.48. The van der Waals surface area contributed by atoms with Crippen molar-refractivity contribution in [3.63, 3.8) is 0 Å². The maximum absolute atomic E-state index is 13.3. The molecule has 5 unspecified atom stereocenters. The molecular formula is C28H33NO6. The first-order valence-corrected chi connectivity index (χ1v) is 12.5. The first-order valence-electron chi connectivity index (χ1n) is 12.5. The van der Waals surface area contributed by atoms with Crippen LogP contribution in [0.4, 0.5) is 0 Å². The molecule has 0 aliphatic heterocycles. The van der Waals surface area contributed by atoms with Crippen LogP contribution < -0.4 is 0 Å². The standard InChI is InChI=1S/C28H33NO6/c1-26-9-7-19(30)13-18(26)5-6-20-21-8-10-28(34,27(21,2)14-22(31)25(20)26)23(32)16-35-24(33)12-17-4-3-11-29-15-17/h3-4,7,9,11,13,15,20-22,25,31,34H,5-6,8,10,12,14,16H2,1-2H3/t20?,21?,22-,25?,26?,27?,28-/m0/s1. The summed E-state index contributed by atoms with van der Waals surface area (Å²) < 4.78 is 5.25. The predicted molar refractivity (Wildman–Crippen MR) is 127 cm³/mol. The predicted octanol–water partition coefficient (Wildman–Crippen LogP) is 2.75. The molecule has 0 bridgehead atoms. The summed E-state index contributed by atoms with van der Waals surface area (Å²) in [6.07, 6.45) is 10.6. The molecule has 186 valence electrons. The number of ether oxygens (including phenoxy) is 1. The molecule has 0 saturated heterocycles. The Balaban J connectivity index is 1.33. The number of hydrogen-bond acceptors (Lipinski definition) is 7. The first-order chi connectivity index (χ1) is 16.6. The Bertz CT molecular complexity index is 1110. The normalized spacial score (nSPS) is 39.8. The molecule has 4 aliphatic carbocycles. The number of aromatic nitrogens is 1. The second kappa shape index (κ2) is 8.49. The number of nitrogens with zero attached hydrogens (tertiary/aromatic N) is 1. The van der Waals surface area contributed by atoms with Crippen molar-refractivity contribution in [2.75, 3.05) is 6.61 Å².